The van der Waals surface area contributed by atoms with E-state index in [0.29, 0.717) is 24.5 Å². The van der Waals surface area contributed by atoms with Gasteiger partial charge in [0.2, 0.25) is 0 Å². The Morgan fingerprint density at radius 3 is 2.54 bits per heavy atom. The summed E-state index contributed by atoms with van der Waals surface area (Å²) >= 11 is 0. The fourth-order valence-electron chi connectivity index (χ4n) is 3.37. The molecule has 2 rings (SSSR count). The molecular formula is C18H35IN4O3. The Balaban J connectivity index is 0.00000338. The second-order valence-electron chi connectivity index (χ2n) is 7.21. The van der Waals surface area contributed by atoms with Gasteiger partial charge in [0.05, 0.1) is 12.6 Å². The number of methoxy groups -OCH3 is 1. The monoisotopic (exact) mass is 482 g/mol. The van der Waals surface area contributed by atoms with Gasteiger partial charge in [0.15, 0.2) is 5.96 Å². The summed E-state index contributed by atoms with van der Waals surface area (Å²) in [6.45, 7) is 4.59. The molecule has 2 aliphatic carbocycles. The minimum atomic E-state index is -0.336. The molecule has 2 aliphatic rings. The smallest absolute Gasteiger partial charge is 0.407 e. The van der Waals surface area contributed by atoms with E-state index < -0.39 is 0 Å². The van der Waals surface area contributed by atoms with Crippen LogP contribution in [0.5, 0.6) is 0 Å². The molecule has 0 bridgehead atoms. The molecule has 8 heteroatoms. The van der Waals surface area contributed by atoms with Crippen LogP contribution in [0, 0.1) is 11.3 Å². The molecule has 3 N–H and O–H groups in total. The average molecular weight is 482 g/mol. The maximum Gasteiger partial charge on any atom is 0.407 e. The average Bonchev–Trinajstić information content (AvgIpc) is 3.40. The maximum absolute atomic E-state index is 11.7. The number of aliphatic imine (C=N–C) groups is 1. The van der Waals surface area contributed by atoms with E-state index in [1.165, 1.54) is 19.3 Å². The van der Waals surface area contributed by atoms with Crippen molar-refractivity contribution in [3.05, 3.63) is 0 Å². The number of halogens is 1. The molecule has 1 atom stereocenters. The molecule has 0 aromatic rings. The molecule has 1 amide bonds. The van der Waals surface area contributed by atoms with E-state index in [0.717, 1.165) is 38.4 Å². The highest BCUT2D eigenvalue weighted by molar-refractivity contribution is 14.0. The highest BCUT2D eigenvalue weighted by atomic mass is 127. The van der Waals surface area contributed by atoms with Crippen LogP contribution in [0.3, 0.4) is 0 Å². The molecule has 152 valence electrons. The van der Waals surface area contributed by atoms with Gasteiger partial charge in [0, 0.05) is 33.9 Å². The SMILES string of the molecule is CCOC(=O)NC(CNC(=NC)NCC1(CCOC)CCC1)C1CC1.I. The van der Waals surface area contributed by atoms with Crippen molar-refractivity contribution in [2.24, 2.45) is 16.3 Å². The number of carbonyl (C=O) groups is 1. The number of ether oxygens (including phenoxy) is 2. The Morgan fingerprint density at radius 2 is 2.04 bits per heavy atom. The highest BCUT2D eigenvalue weighted by Crippen LogP contribution is 2.43. The number of nitrogens with zero attached hydrogens (tertiary/aromatic N) is 1. The van der Waals surface area contributed by atoms with Gasteiger partial charge in [0.25, 0.3) is 0 Å². The lowest BCUT2D eigenvalue weighted by Gasteiger charge is -2.42. The third-order valence-electron chi connectivity index (χ3n) is 5.36. The summed E-state index contributed by atoms with van der Waals surface area (Å²) in [6, 6.07) is 0.0868. The summed E-state index contributed by atoms with van der Waals surface area (Å²) in [7, 11) is 3.54. The first-order chi connectivity index (χ1) is 12.1. The molecule has 7 nitrogen and oxygen atoms in total. The predicted octanol–water partition coefficient (Wildman–Crippen LogP) is 2.50. The number of alkyl carbamates (subject to hydrolysis) is 1. The van der Waals surface area contributed by atoms with Crippen molar-refractivity contribution in [1.29, 1.82) is 0 Å². The summed E-state index contributed by atoms with van der Waals surface area (Å²) < 4.78 is 10.2. The van der Waals surface area contributed by atoms with Crippen LogP contribution in [-0.4, -0.2) is 58.6 Å². The fraction of sp³-hybridized carbons (Fsp3) is 0.889. The zero-order valence-electron chi connectivity index (χ0n) is 16.3. The van der Waals surface area contributed by atoms with Gasteiger partial charge < -0.3 is 25.4 Å². The lowest BCUT2D eigenvalue weighted by atomic mass is 9.67. The van der Waals surface area contributed by atoms with E-state index >= 15 is 0 Å². The van der Waals surface area contributed by atoms with Crippen molar-refractivity contribution < 1.29 is 14.3 Å². The van der Waals surface area contributed by atoms with E-state index in [4.69, 9.17) is 9.47 Å². The standard InChI is InChI=1S/C18H34N4O3.HI/c1-4-25-17(23)22-15(14-6-7-14)12-20-16(19-2)21-13-18(8-5-9-18)10-11-24-3;/h14-15H,4-13H2,1-3H3,(H,22,23)(H2,19,20,21);1H. The quantitative estimate of drug-likeness (QED) is 0.253. The largest absolute Gasteiger partial charge is 0.450 e. The first-order valence-electron chi connectivity index (χ1n) is 9.49. The molecule has 0 aliphatic heterocycles. The Hall–Kier alpha value is -0.770. The van der Waals surface area contributed by atoms with E-state index in [9.17, 15) is 4.79 Å². The van der Waals surface area contributed by atoms with Crippen molar-refractivity contribution in [3.63, 3.8) is 0 Å². The van der Waals surface area contributed by atoms with Gasteiger partial charge in [-0.2, -0.15) is 0 Å². The van der Waals surface area contributed by atoms with Crippen LogP contribution in [-0.2, 0) is 9.47 Å². The molecule has 0 saturated heterocycles. The second kappa shape index (κ2) is 11.8. The Kier molecular flexibility index (Phi) is 10.6. The fourth-order valence-corrected chi connectivity index (χ4v) is 3.37. The molecule has 0 aromatic heterocycles. The highest BCUT2D eigenvalue weighted by Gasteiger charge is 2.37. The number of carbonyl (C=O) groups excluding carboxylic acids is 1. The minimum Gasteiger partial charge on any atom is -0.450 e. The first kappa shape index (κ1) is 23.3. The third-order valence-corrected chi connectivity index (χ3v) is 5.36. The van der Waals surface area contributed by atoms with E-state index in [1.54, 1.807) is 14.2 Å². The molecule has 0 aromatic carbocycles. The number of hydrogen-bond acceptors (Lipinski definition) is 4. The van der Waals surface area contributed by atoms with Crippen LogP contribution in [0.4, 0.5) is 4.79 Å². The third kappa shape index (κ3) is 7.46. The van der Waals surface area contributed by atoms with Gasteiger partial charge in [0.1, 0.15) is 0 Å². The van der Waals surface area contributed by atoms with E-state index in [1.807, 2.05) is 6.92 Å². The van der Waals surface area contributed by atoms with Gasteiger partial charge in [-0.15, -0.1) is 24.0 Å². The molecule has 1 unspecified atom stereocenters. The zero-order chi connectivity index (χ0) is 18.1. The van der Waals surface area contributed by atoms with E-state index in [2.05, 4.69) is 20.9 Å². The zero-order valence-corrected chi connectivity index (χ0v) is 18.6. The first-order valence-corrected chi connectivity index (χ1v) is 9.49. The van der Waals surface area contributed by atoms with Crippen LogP contribution in [0.2, 0.25) is 0 Å². The van der Waals surface area contributed by atoms with Crippen LogP contribution in [0.25, 0.3) is 0 Å². The number of amides is 1. The Morgan fingerprint density at radius 1 is 1.31 bits per heavy atom. The summed E-state index contributed by atoms with van der Waals surface area (Å²) in [5.41, 5.74) is 0.340. The lowest BCUT2D eigenvalue weighted by molar-refractivity contribution is 0.0732. The van der Waals surface area contributed by atoms with Crippen LogP contribution in [0.15, 0.2) is 4.99 Å². The Bertz CT molecular complexity index is 454. The van der Waals surface area contributed by atoms with Gasteiger partial charge in [-0.05, 0) is 50.4 Å². The van der Waals surface area contributed by atoms with Crippen molar-refractivity contribution in [2.45, 2.75) is 51.5 Å². The normalized spacial score (nSPS) is 19.6. The van der Waals surface area contributed by atoms with Crippen LogP contribution < -0.4 is 16.0 Å². The molecule has 2 fully saturated rings. The molecule has 0 spiro atoms. The lowest BCUT2D eigenvalue weighted by Crippen LogP contribution is -2.51. The van der Waals surface area contributed by atoms with Crippen molar-refractivity contribution >= 4 is 36.0 Å². The Labute approximate surface area is 174 Å². The summed E-state index contributed by atoms with van der Waals surface area (Å²) in [5, 5.41) is 9.77. The molecule has 0 heterocycles. The summed E-state index contributed by atoms with van der Waals surface area (Å²) in [4.78, 5) is 16.0. The van der Waals surface area contributed by atoms with Crippen LogP contribution >= 0.6 is 24.0 Å². The van der Waals surface area contributed by atoms with Gasteiger partial charge in [-0.1, -0.05) is 6.42 Å². The van der Waals surface area contributed by atoms with Crippen molar-refractivity contribution in [2.75, 3.05) is 40.5 Å². The van der Waals surface area contributed by atoms with Gasteiger partial charge >= 0.3 is 6.09 Å². The minimum absolute atomic E-state index is 0. The molecule has 0 radical (unpaired) electrons. The second-order valence-corrected chi connectivity index (χ2v) is 7.21. The predicted molar refractivity (Wildman–Crippen MR) is 114 cm³/mol. The summed E-state index contributed by atoms with van der Waals surface area (Å²) in [5.74, 6) is 1.33. The molecule has 2 saturated carbocycles. The number of hydrogen-bond donors (Lipinski definition) is 3. The topological polar surface area (TPSA) is 84.0 Å². The maximum atomic E-state index is 11.7. The number of nitrogens with one attached hydrogen (secondary N) is 3. The van der Waals surface area contributed by atoms with Gasteiger partial charge in [-0.3, -0.25) is 4.99 Å². The number of guanidine groups is 1. The molecule has 26 heavy (non-hydrogen) atoms. The van der Waals surface area contributed by atoms with Crippen molar-refractivity contribution in [1.82, 2.24) is 16.0 Å². The van der Waals surface area contributed by atoms with E-state index in [-0.39, 0.29) is 36.1 Å². The van der Waals surface area contributed by atoms with Crippen LogP contribution in [0.1, 0.15) is 45.4 Å². The molecular weight excluding hydrogens is 447 g/mol. The van der Waals surface area contributed by atoms with Crippen molar-refractivity contribution in [3.8, 4) is 0 Å². The number of rotatable bonds is 10. The summed E-state index contributed by atoms with van der Waals surface area (Å²) in [6.07, 6.45) is 6.85. The van der Waals surface area contributed by atoms with Gasteiger partial charge in [-0.25, -0.2) is 4.79 Å².